The lowest BCUT2D eigenvalue weighted by molar-refractivity contribution is 0.0465. The van der Waals surface area contributed by atoms with Crippen molar-refractivity contribution in [2.24, 2.45) is 4.99 Å². The van der Waals surface area contributed by atoms with Gasteiger partial charge in [0.05, 0.1) is 19.1 Å². The van der Waals surface area contributed by atoms with E-state index in [0.717, 1.165) is 12.1 Å². The SMILES string of the molecule is CCN(C)C=Nc1ccc(C(=O)OCc2ccccc2F)c(OC)c1C. The number of hydrogen-bond donors (Lipinski definition) is 0. The van der Waals surface area contributed by atoms with E-state index in [1.807, 2.05) is 25.8 Å². The average Bonchev–Trinajstić information content (AvgIpc) is 2.65. The minimum Gasteiger partial charge on any atom is -0.495 e. The van der Waals surface area contributed by atoms with E-state index in [-0.39, 0.29) is 12.2 Å². The van der Waals surface area contributed by atoms with Crippen molar-refractivity contribution in [1.29, 1.82) is 0 Å². The topological polar surface area (TPSA) is 51.1 Å². The van der Waals surface area contributed by atoms with E-state index in [0.29, 0.717) is 17.0 Å². The molecule has 0 saturated heterocycles. The number of nitrogens with zero attached hydrogens (tertiary/aromatic N) is 2. The first-order valence-electron chi connectivity index (χ1n) is 8.30. The number of hydrogen-bond acceptors (Lipinski definition) is 4. The minimum absolute atomic E-state index is 0.144. The molecule has 0 saturated carbocycles. The van der Waals surface area contributed by atoms with Gasteiger partial charge in [-0.1, -0.05) is 18.2 Å². The number of carbonyl (C=O) groups is 1. The first-order valence-corrected chi connectivity index (χ1v) is 8.30. The highest BCUT2D eigenvalue weighted by molar-refractivity contribution is 5.94. The summed E-state index contributed by atoms with van der Waals surface area (Å²) in [7, 11) is 3.41. The fraction of sp³-hybridized carbons (Fsp3) is 0.300. The van der Waals surface area contributed by atoms with Gasteiger partial charge in [0.1, 0.15) is 23.7 Å². The van der Waals surface area contributed by atoms with E-state index in [9.17, 15) is 9.18 Å². The monoisotopic (exact) mass is 358 g/mol. The fourth-order valence-corrected chi connectivity index (χ4v) is 2.32. The Labute approximate surface area is 153 Å². The van der Waals surface area contributed by atoms with Crippen LogP contribution in [-0.2, 0) is 11.3 Å². The number of halogens is 1. The van der Waals surface area contributed by atoms with E-state index >= 15 is 0 Å². The molecule has 0 radical (unpaired) electrons. The van der Waals surface area contributed by atoms with Gasteiger partial charge in [-0.3, -0.25) is 0 Å². The molecule has 0 unspecified atom stereocenters. The predicted octanol–water partition coefficient (Wildman–Crippen LogP) is 4.11. The van der Waals surface area contributed by atoms with Crippen LogP contribution in [-0.4, -0.2) is 37.9 Å². The second-order valence-electron chi connectivity index (χ2n) is 5.78. The molecule has 2 rings (SSSR count). The van der Waals surface area contributed by atoms with Gasteiger partial charge in [-0.25, -0.2) is 14.2 Å². The van der Waals surface area contributed by atoms with E-state index in [2.05, 4.69) is 4.99 Å². The summed E-state index contributed by atoms with van der Waals surface area (Å²) < 4.78 is 24.3. The molecule has 138 valence electrons. The van der Waals surface area contributed by atoms with Gasteiger partial charge in [-0.2, -0.15) is 0 Å². The summed E-state index contributed by atoms with van der Waals surface area (Å²) >= 11 is 0. The zero-order chi connectivity index (χ0) is 19.1. The Morgan fingerprint density at radius 3 is 2.65 bits per heavy atom. The molecule has 5 nitrogen and oxygen atoms in total. The molecule has 0 heterocycles. The van der Waals surface area contributed by atoms with Crippen LogP contribution in [0.2, 0.25) is 0 Å². The summed E-state index contributed by atoms with van der Waals surface area (Å²) in [5, 5.41) is 0. The molecule has 0 amide bonds. The van der Waals surface area contributed by atoms with Crippen molar-refractivity contribution in [2.45, 2.75) is 20.5 Å². The maximum Gasteiger partial charge on any atom is 0.342 e. The maximum atomic E-state index is 13.6. The third-order valence-corrected chi connectivity index (χ3v) is 4.01. The zero-order valence-electron chi connectivity index (χ0n) is 15.5. The van der Waals surface area contributed by atoms with Crippen LogP contribution in [0.25, 0.3) is 0 Å². The minimum atomic E-state index is -0.575. The molecule has 2 aromatic rings. The Hall–Kier alpha value is -2.89. The van der Waals surface area contributed by atoms with Gasteiger partial charge in [0.15, 0.2) is 0 Å². The van der Waals surface area contributed by atoms with Crippen LogP contribution in [0.15, 0.2) is 41.4 Å². The van der Waals surface area contributed by atoms with Gasteiger partial charge in [0.2, 0.25) is 0 Å². The van der Waals surface area contributed by atoms with E-state index in [1.165, 1.54) is 13.2 Å². The van der Waals surface area contributed by atoms with Crippen LogP contribution in [0.3, 0.4) is 0 Å². The third-order valence-electron chi connectivity index (χ3n) is 4.01. The molecular formula is C20H23FN2O3. The summed E-state index contributed by atoms with van der Waals surface area (Å²) in [6.07, 6.45) is 1.72. The summed E-state index contributed by atoms with van der Waals surface area (Å²) in [4.78, 5) is 18.8. The average molecular weight is 358 g/mol. The van der Waals surface area contributed by atoms with Gasteiger partial charge in [-0.05, 0) is 32.0 Å². The summed E-state index contributed by atoms with van der Waals surface area (Å²) in [6.45, 7) is 4.54. The van der Waals surface area contributed by atoms with E-state index in [1.54, 1.807) is 36.7 Å². The molecular weight excluding hydrogens is 335 g/mol. The Balaban J connectivity index is 2.20. The van der Waals surface area contributed by atoms with Crippen molar-refractivity contribution < 1.29 is 18.7 Å². The van der Waals surface area contributed by atoms with Gasteiger partial charge in [-0.15, -0.1) is 0 Å². The number of aliphatic imine (C=N–C) groups is 1. The molecule has 0 fully saturated rings. The van der Waals surface area contributed by atoms with Crippen molar-refractivity contribution in [3.63, 3.8) is 0 Å². The van der Waals surface area contributed by atoms with Gasteiger partial charge in [0, 0.05) is 24.7 Å². The van der Waals surface area contributed by atoms with Crippen LogP contribution in [0.1, 0.15) is 28.4 Å². The number of rotatable bonds is 7. The lowest BCUT2D eigenvalue weighted by Crippen LogP contribution is -2.14. The highest BCUT2D eigenvalue weighted by atomic mass is 19.1. The molecule has 0 aromatic heterocycles. The van der Waals surface area contributed by atoms with Crippen molar-refractivity contribution in [3.8, 4) is 5.75 Å². The molecule has 6 heteroatoms. The lowest BCUT2D eigenvalue weighted by atomic mass is 10.1. The molecule has 0 bridgehead atoms. The standard InChI is InChI=1S/C20H23FN2O3/c1-5-23(3)13-22-18-11-10-16(19(25-4)14(18)2)20(24)26-12-15-8-6-7-9-17(15)21/h6-11,13H,5,12H2,1-4H3. The van der Waals surface area contributed by atoms with Gasteiger partial charge < -0.3 is 14.4 Å². The second kappa shape index (κ2) is 8.99. The Morgan fingerprint density at radius 2 is 2.00 bits per heavy atom. The normalized spacial score (nSPS) is 10.8. The van der Waals surface area contributed by atoms with Crippen LogP contribution in [0.4, 0.5) is 10.1 Å². The zero-order valence-corrected chi connectivity index (χ0v) is 15.5. The lowest BCUT2D eigenvalue weighted by Gasteiger charge is -2.14. The Kier molecular flexibility index (Phi) is 6.72. The number of carbonyl (C=O) groups excluding carboxylic acids is 1. The maximum absolute atomic E-state index is 13.6. The van der Waals surface area contributed by atoms with E-state index < -0.39 is 11.8 Å². The Bertz CT molecular complexity index is 806. The largest absolute Gasteiger partial charge is 0.495 e. The summed E-state index contributed by atoms with van der Waals surface area (Å²) in [6, 6.07) is 9.52. The quantitative estimate of drug-likeness (QED) is 0.425. The molecule has 0 aliphatic heterocycles. The van der Waals surface area contributed by atoms with Crippen molar-refractivity contribution in [3.05, 3.63) is 58.9 Å². The first-order chi connectivity index (χ1) is 12.5. The van der Waals surface area contributed by atoms with Crippen LogP contribution >= 0.6 is 0 Å². The van der Waals surface area contributed by atoms with Crippen LogP contribution < -0.4 is 4.74 Å². The third kappa shape index (κ3) is 4.59. The molecule has 0 N–H and O–H groups in total. The number of ether oxygens (including phenoxy) is 2. The molecule has 0 aliphatic carbocycles. The molecule has 0 aliphatic rings. The van der Waals surface area contributed by atoms with Crippen molar-refractivity contribution in [2.75, 3.05) is 20.7 Å². The summed E-state index contributed by atoms with van der Waals surface area (Å²) in [5.41, 5.74) is 2.03. The predicted molar refractivity (Wildman–Crippen MR) is 99.7 cm³/mol. The molecule has 2 aromatic carbocycles. The second-order valence-corrected chi connectivity index (χ2v) is 5.78. The van der Waals surface area contributed by atoms with Crippen molar-refractivity contribution >= 4 is 18.0 Å². The van der Waals surface area contributed by atoms with Gasteiger partial charge in [0.25, 0.3) is 0 Å². The van der Waals surface area contributed by atoms with Crippen molar-refractivity contribution in [1.82, 2.24) is 4.90 Å². The van der Waals surface area contributed by atoms with Gasteiger partial charge >= 0.3 is 5.97 Å². The Morgan fingerprint density at radius 1 is 1.27 bits per heavy atom. The molecule has 0 atom stereocenters. The highest BCUT2D eigenvalue weighted by Gasteiger charge is 2.18. The smallest absolute Gasteiger partial charge is 0.342 e. The fourth-order valence-electron chi connectivity index (χ4n) is 2.32. The molecule has 0 spiro atoms. The summed E-state index contributed by atoms with van der Waals surface area (Å²) in [5.74, 6) is -0.583. The van der Waals surface area contributed by atoms with Crippen LogP contribution in [0.5, 0.6) is 5.75 Å². The van der Waals surface area contributed by atoms with E-state index in [4.69, 9.17) is 9.47 Å². The highest BCUT2D eigenvalue weighted by Crippen LogP contribution is 2.32. The first kappa shape index (κ1) is 19.4. The number of methoxy groups -OCH3 is 1. The molecule has 26 heavy (non-hydrogen) atoms. The number of benzene rings is 2. The number of esters is 1. The van der Waals surface area contributed by atoms with Crippen LogP contribution in [0, 0.1) is 12.7 Å².